The predicted molar refractivity (Wildman–Crippen MR) is 103 cm³/mol. The molecule has 0 bridgehead atoms. The Hall–Kier alpha value is -1.89. The summed E-state index contributed by atoms with van der Waals surface area (Å²) in [4.78, 5) is 37.9. The Morgan fingerprint density at radius 2 is 1.89 bits per heavy atom. The first kappa shape index (κ1) is 19.9. The van der Waals surface area contributed by atoms with Crippen molar-refractivity contribution in [1.29, 1.82) is 0 Å². The molecule has 3 rings (SSSR count). The number of thiophene rings is 1. The summed E-state index contributed by atoms with van der Waals surface area (Å²) in [5, 5.41) is 12.8. The number of nitrogens with one attached hydrogen (secondary N) is 1. The van der Waals surface area contributed by atoms with Gasteiger partial charge in [-0.05, 0) is 43.6 Å². The molecule has 1 aromatic rings. The van der Waals surface area contributed by atoms with Gasteiger partial charge in [-0.3, -0.25) is 9.59 Å². The van der Waals surface area contributed by atoms with Gasteiger partial charge in [0.15, 0.2) is 0 Å². The molecule has 1 aromatic heterocycles. The topological polar surface area (TPSA) is 92.7 Å². The SMILES string of the molecule is CC[C@@H]1CCc2c(sc(NC(=O)[C@@H]3CCCC[C@H]3C(=O)O)c2C(=O)OC)C1. The molecule has 0 aliphatic heterocycles. The van der Waals surface area contributed by atoms with Gasteiger partial charge >= 0.3 is 11.9 Å². The predicted octanol–water partition coefficient (Wildman–Crippen LogP) is 3.88. The Balaban J connectivity index is 1.87. The molecule has 0 saturated heterocycles. The van der Waals surface area contributed by atoms with Gasteiger partial charge in [0.05, 0.1) is 24.5 Å². The standard InChI is InChI=1S/C20H27NO5S/c1-3-11-8-9-14-15(10-11)27-18(16(14)20(25)26-2)21-17(22)12-6-4-5-7-13(12)19(23)24/h11-13H,3-10H2,1-2H3,(H,21,22)(H,23,24)/t11-,12-,13-/m1/s1. The highest BCUT2D eigenvalue weighted by Crippen LogP contribution is 2.41. The van der Waals surface area contributed by atoms with Crippen molar-refractivity contribution in [3.63, 3.8) is 0 Å². The number of carboxylic acid groups (broad SMARTS) is 1. The highest BCUT2D eigenvalue weighted by molar-refractivity contribution is 7.17. The van der Waals surface area contributed by atoms with Crippen LogP contribution < -0.4 is 5.32 Å². The average molecular weight is 394 g/mol. The maximum atomic E-state index is 12.9. The van der Waals surface area contributed by atoms with Gasteiger partial charge in [0, 0.05) is 4.88 Å². The Morgan fingerprint density at radius 1 is 1.19 bits per heavy atom. The van der Waals surface area contributed by atoms with E-state index < -0.39 is 23.8 Å². The summed E-state index contributed by atoms with van der Waals surface area (Å²) in [5.74, 6) is -2.25. The number of fused-ring (bicyclic) bond motifs is 1. The van der Waals surface area contributed by atoms with Crippen LogP contribution in [0.1, 0.15) is 66.2 Å². The Morgan fingerprint density at radius 3 is 2.52 bits per heavy atom. The normalized spacial score (nSPS) is 24.7. The maximum Gasteiger partial charge on any atom is 0.341 e. The van der Waals surface area contributed by atoms with E-state index in [0.717, 1.165) is 49.0 Å². The van der Waals surface area contributed by atoms with Crippen molar-refractivity contribution >= 4 is 34.2 Å². The van der Waals surface area contributed by atoms with Crippen LogP contribution in [0.2, 0.25) is 0 Å². The number of rotatable bonds is 5. The summed E-state index contributed by atoms with van der Waals surface area (Å²) in [6, 6.07) is 0. The lowest BCUT2D eigenvalue weighted by atomic mass is 9.78. The monoisotopic (exact) mass is 393 g/mol. The van der Waals surface area contributed by atoms with Crippen molar-refractivity contribution in [3.05, 3.63) is 16.0 Å². The molecule has 1 heterocycles. The number of amides is 1. The van der Waals surface area contributed by atoms with Crippen LogP contribution in [0, 0.1) is 17.8 Å². The Labute approximate surface area is 163 Å². The lowest BCUT2D eigenvalue weighted by Gasteiger charge is -2.27. The highest BCUT2D eigenvalue weighted by Gasteiger charge is 2.37. The van der Waals surface area contributed by atoms with E-state index in [4.69, 9.17) is 4.74 Å². The molecular weight excluding hydrogens is 366 g/mol. The largest absolute Gasteiger partial charge is 0.481 e. The van der Waals surface area contributed by atoms with E-state index in [1.54, 1.807) is 0 Å². The van der Waals surface area contributed by atoms with Crippen molar-refractivity contribution in [2.24, 2.45) is 17.8 Å². The highest BCUT2D eigenvalue weighted by atomic mass is 32.1. The van der Waals surface area contributed by atoms with E-state index in [0.29, 0.717) is 29.3 Å². The van der Waals surface area contributed by atoms with Crippen LogP contribution in [0.15, 0.2) is 0 Å². The summed E-state index contributed by atoms with van der Waals surface area (Å²) in [6.45, 7) is 2.17. The second-order valence-electron chi connectivity index (χ2n) is 7.54. The van der Waals surface area contributed by atoms with Gasteiger partial charge in [-0.15, -0.1) is 11.3 Å². The minimum Gasteiger partial charge on any atom is -0.481 e. The minimum absolute atomic E-state index is 0.294. The Bertz CT molecular complexity index is 741. The van der Waals surface area contributed by atoms with Crippen LogP contribution in [0.4, 0.5) is 5.00 Å². The first-order valence-corrected chi connectivity index (χ1v) is 10.5. The van der Waals surface area contributed by atoms with Crippen LogP contribution in [0.5, 0.6) is 0 Å². The van der Waals surface area contributed by atoms with Crippen LogP contribution in [0.25, 0.3) is 0 Å². The molecule has 2 aliphatic carbocycles. The third kappa shape index (κ3) is 4.03. The summed E-state index contributed by atoms with van der Waals surface area (Å²) in [6.07, 6.45) is 6.63. The molecule has 1 amide bonds. The van der Waals surface area contributed by atoms with Crippen molar-refractivity contribution in [1.82, 2.24) is 0 Å². The Kier molecular flexibility index (Phi) is 6.19. The zero-order valence-corrected chi connectivity index (χ0v) is 16.7. The molecule has 0 unspecified atom stereocenters. The minimum atomic E-state index is -0.917. The van der Waals surface area contributed by atoms with Gasteiger partial charge in [-0.25, -0.2) is 4.79 Å². The maximum absolute atomic E-state index is 12.9. The lowest BCUT2D eigenvalue weighted by molar-refractivity contribution is -0.147. The van der Waals surface area contributed by atoms with Crippen LogP contribution >= 0.6 is 11.3 Å². The number of ether oxygens (including phenoxy) is 1. The molecule has 7 heteroatoms. The van der Waals surface area contributed by atoms with Gasteiger partial charge in [-0.2, -0.15) is 0 Å². The number of carboxylic acids is 1. The molecule has 1 fully saturated rings. The van der Waals surface area contributed by atoms with Gasteiger partial charge in [0.25, 0.3) is 0 Å². The molecule has 0 spiro atoms. The van der Waals surface area contributed by atoms with E-state index in [-0.39, 0.29) is 5.91 Å². The van der Waals surface area contributed by atoms with E-state index in [1.165, 1.54) is 18.4 Å². The number of hydrogen-bond acceptors (Lipinski definition) is 5. The molecule has 6 nitrogen and oxygen atoms in total. The van der Waals surface area contributed by atoms with E-state index in [1.807, 2.05) is 0 Å². The fourth-order valence-corrected chi connectivity index (χ4v) is 5.71. The van der Waals surface area contributed by atoms with Crippen molar-refractivity contribution in [2.45, 2.75) is 58.3 Å². The first-order chi connectivity index (χ1) is 13.0. The third-order valence-electron chi connectivity index (χ3n) is 5.99. The number of methoxy groups -OCH3 is 1. The van der Waals surface area contributed by atoms with E-state index in [2.05, 4.69) is 12.2 Å². The number of aliphatic carboxylic acids is 1. The summed E-state index contributed by atoms with van der Waals surface area (Å²) >= 11 is 1.45. The molecule has 2 aliphatic rings. The molecule has 0 aromatic carbocycles. The molecule has 27 heavy (non-hydrogen) atoms. The zero-order chi connectivity index (χ0) is 19.6. The number of hydrogen-bond donors (Lipinski definition) is 2. The second-order valence-corrected chi connectivity index (χ2v) is 8.65. The number of carbonyl (C=O) groups excluding carboxylic acids is 2. The fraction of sp³-hybridized carbons (Fsp3) is 0.650. The lowest BCUT2D eigenvalue weighted by Crippen LogP contribution is -2.36. The van der Waals surface area contributed by atoms with Crippen molar-refractivity contribution in [3.8, 4) is 0 Å². The van der Waals surface area contributed by atoms with Crippen LogP contribution in [-0.4, -0.2) is 30.1 Å². The quantitative estimate of drug-likeness (QED) is 0.741. The molecule has 148 valence electrons. The van der Waals surface area contributed by atoms with Gasteiger partial charge in [-0.1, -0.05) is 26.2 Å². The van der Waals surface area contributed by atoms with E-state index in [9.17, 15) is 19.5 Å². The summed E-state index contributed by atoms with van der Waals surface area (Å²) < 4.78 is 4.96. The number of carbonyl (C=O) groups is 3. The van der Waals surface area contributed by atoms with E-state index >= 15 is 0 Å². The molecule has 1 saturated carbocycles. The second kappa shape index (κ2) is 8.42. The first-order valence-electron chi connectivity index (χ1n) is 9.72. The van der Waals surface area contributed by atoms with Crippen LogP contribution in [0.3, 0.4) is 0 Å². The number of anilines is 1. The molecule has 2 N–H and O–H groups in total. The zero-order valence-electron chi connectivity index (χ0n) is 15.9. The molecular formula is C20H27NO5S. The average Bonchev–Trinajstić information content (AvgIpc) is 3.03. The van der Waals surface area contributed by atoms with Gasteiger partial charge in [0.2, 0.25) is 5.91 Å². The molecule has 0 radical (unpaired) electrons. The third-order valence-corrected chi connectivity index (χ3v) is 7.16. The van der Waals surface area contributed by atoms with Gasteiger partial charge in [0.1, 0.15) is 5.00 Å². The fourth-order valence-electron chi connectivity index (χ4n) is 4.35. The smallest absolute Gasteiger partial charge is 0.341 e. The van der Waals surface area contributed by atoms with Crippen molar-refractivity contribution in [2.75, 3.05) is 12.4 Å². The number of esters is 1. The summed E-state index contributed by atoms with van der Waals surface area (Å²) in [5.41, 5.74) is 1.45. The van der Waals surface area contributed by atoms with Gasteiger partial charge < -0.3 is 15.2 Å². The van der Waals surface area contributed by atoms with Crippen molar-refractivity contribution < 1.29 is 24.2 Å². The molecule has 3 atom stereocenters. The summed E-state index contributed by atoms with van der Waals surface area (Å²) in [7, 11) is 1.34. The van der Waals surface area contributed by atoms with Crippen LogP contribution in [-0.2, 0) is 27.2 Å².